The zero-order valence-electron chi connectivity index (χ0n) is 12.2. The van der Waals surface area contributed by atoms with E-state index in [1.54, 1.807) is 0 Å². The molecule has 0 saturated carbocycles. The fraction of sp³-hybridized carbons (Fsp3) is 0.438. The van der Waals surface area contributed by atoms with Crippen molar-refractivity contribution in [1.82, 2.24) is 9.78 Å². The number of alkyl halides is 1. The lowest BCUT2D eigenvalue weighted by molar-refractivity contribution is 0.551. The third-order valence-electron chi connectivity index (χ3n) is 3.64. The van der Waals surface area contributed by atoms with Crippen LogP contribution in [0.15, 0.2) is 28.7 Å². The summed E-state index contributed by atoms with van der Waals surface area (Å²) in [6.07, 6.45) is 2.65. The molecule has 1 atom stereocenters. The summed E-state index contributed by atoms with van der Waals surface area (Å²) in [4.78, 5) is 0. The number of halogens is 3. The van der Waals surface area contributed by atoms with Crippen molar-refractivity contribution < 1.29 is 0 Å². The molecule has 0 aliphatic heterocycles. The second kappa shape index (κ2) is 7.66. The van der Waals surface area contributed by atoms with Crippen molar-refractivity contribution in [3.63, 3.8) is 0 Å². The van der Waals surface area contributed by atoms with E-state index in [2.05, 4.69) is 52.2 Å². The molecule has 0 amide bonds. The molecule has 2 aromatic rings. The Morgan fingerprint density at radius 1 is 1.24 bits per heavy atom. The van der Waals surface area contributed by atoms with E-state index < -0.39 is 0 Å². The van der Waals surface area contributed by atoms with Crippen molar-refractivity contribution in [1.29, 1.82) is 0 Å². The summed E-state index contributed by atoms with van der Waals surface area (Å²) in [6.45, 7) is 2.07. The molecule has 1 aromatic heterocycles. The van der Waals surface area contributed by atoms with Crippen molar-refractivity contribution >= 4 is 39.1 Å². The Morgan fingerprint density at radius 3 is 2.43 bits per heavy atom. The first-order chi connectivity index (χ1) is 10.0. The van der Waals surface area contributed by atoms with Gasteiger partial charge >= 0.3 is 0 Å². The highest BCUT2D eigenvalue weighted by Gasteiger charge is 2.18. The minimum absolute atomic E-state index is 0.352. The van der Waals surface area contributed by atoms with E-state index in [1.165, 1.54) is 5.56 Å². The molecule has 0 saturated heterocycles. The van der Waals surface area contributed by atoms with Crippen molar-refractivity contribution in [2.24, 2.45) is 13.0 Å². The van der Waals surface area contributed by atoms with Crippen LogP contribution in [0.4, 0.5) is 0 Å². The van der Waals surface area contributed by atoms with Crippen LogP contribution in [-0.2, 0) is 26.3 Å². The van der Waals surface area contributed by atoms with Gasteiger partial charge < -0.3 is 0 Å². The van der Waals surface area contributed by atoms with E-state index >= 15 is 0 Å². The van der Waals surface area contributed by atoms with Gasteiger partial charge in [0.15, 0.2) is 0 Å². The highest BCUT2D eigenvalue weighted by Crippen LogP contribution is 2.25. The molecular weight excluding hydrogens is 371 g/mol. The second-order valence-electron chi connectivity index (χ2n) is 5.24. The Bertz CT molecular complexity index is 593. The summed E-state index contributed by atoms with van der Waals surface area (Å²) >= 11 is 16.0. The summed E-state index contributed by atoms with van der Waals surface area (Å²) in [5, 5.41) is 5.27. The van der Waals surface area contributed by atoms with Crippen molar-refractivity contribution in [2.45, 2.75) is 26.2 Å². The lowest BCUT2D eigenvalue weighted by Gasteiger charge is -2.14. The highest BCUT2D eigenvalue weighted by molar-refractivity contribution is 9.10. The number of aromatic nitrogens is 2. The fourth-order valence-electron chi connectivity index (χ4n) is 2.45. The van der Waals surface area contributed by atoms with Gasteiger partial charge in [-0.3, -0.25) is 4.68 Å². The predicted molar refractivity (Wildman–Crippen MR) is 93.4 cm³/mol. The minimum atomic E-state index is 0.352. The maximum atomic E-state index is 6.42. The van der Waals surface area contributed by atoms with Crippen molar-refractivity contribution in [3.05, 3.63) is 50.7 Å². The van der Waals surface area contributed by atoms with Gasteiger partial charge in [0.1, 0.15) is 0 Å². The average Bonchev–Trinajstić information content (AvgIpc) is 2.75. The largest absolute Gasteiger partial charge is 0.271 e. The van der Waals surface area contributed by atoms with E-state index in [0.717, 1.165) is 40.1 Å². The van der Waals surface area contributed by atoms with E-state index in [1.807, 2.05) is 11.7 Å². The standard InChI is InChI=1S/C16H19BrCl2N2/c1-3-14-16(19)15(21(2)20-14)9-12(10-18)8-11-4-6-13(17)7-5-11/h4-7,12H,3,8-10H2,1-2H3. The fourth-order valence-corrected chi connectivity index (χ4v) is 3.30. The van der Waals surface area contributed by atoms with Gasteiger partial charge in [0.25, 0.3) is 0 Å². The molecule has 0 N–H and O–H groups in total. The summed E-state index contributed by atoms with van der Waals surface area (Å²) in [5.74, 6) is 0.962. The summed E-state index contributed by atoms with van der Waals surface area (Å²) < 4.78 is 2.98. The van der Waals surface area contributed by atoms with Gasteiger partial charge in [-0.15, -0.1) is 11.6 Å². The Morgan fingerprint density at radius 2 is 1.90 bits per heavy atom. The first-order valence-corrected chi connectivity index (χ1v) is 8.76. The van der Waals surface area contributed by atoms with Crippen LogP contribution in [0.25, 0.3) is 0 Å². The topological polar surface area (TPSA) is 17.8 Å². The molecule has 21 heavy (non-hydrogen) atoms. The smallest absolute Gasteiger partial charge is 0.0849 e. The van der Waals surface area contributed by atoms with Crippen LogP contribution in [-0.4, -0.2) is 15.7 Å². The van der Waals surface area contributed by atoms with Crippen LogP contribution in [0.3, 0.4) is 0 Å². The van der Waals surface area contributed by atoms with Crippen LogP contribution in [0.5, 0.6) is 0 Å². The van der Waals surface area contributed by atoms with Gasteiger partial charge in [-0.1, -0.05) is 46.6 Å². The van der Waals surface area contributed by atoms with Gasteiger partial charge in [0.2, 0.25) is 0 Å². The molecule has 0 fully saturated rings. The molecular formula is C16H19BrCl2N2. The summed E-state index contributed by atoms with van der Waals surface area (Å²) in [6, 6.07) is 8.39. The SMILES string of the molecule is CCc1nn(C)c(CC(CCl)Cc2ccc(Br)cc2)c1Cl. The second-order valence-corrected chi connectivity index (χ2v) is 6.84. The first-order valence-electron chi connectivity index (χ1n) is 7.05. The molecule has 0 spiro atoms. The number of hydrogen-bond acceptors (Lipinski definition) is 1. The normalized spacial score (nSPS) is 12.6. The molecule has 5 heteroatoms. The van der Waals surface area contributed by atoms with Crippen molar-refractivity contribution in [3.8, 4) is 0 Å². The molecule has 1 unspecified atom stereocenters. The highest BCUT2D eigenvalue weighted by atomic mass is 79.9. The van der Waals surface area contributed by atoms with Crippen LogP contribution in [0, 0.1) is 5.92 Å². The Labute approximate surface area is 144 Å². The molecule has 0 bridgehead atoms. The summed E-state index contributed by atoms with van der Waals surface area (Å²) in [5.41, 5.74) is 3.33. The predicted octanol–water partition coefficient (Wildman–Crippen LogP) is 5.04. The van der Waals surface area contributed by atoms with Gasteiger partial charge in [-0.05, 0) is 42.9 Å². The van der Waals surface area contributed by atoms with Gasteiger partial charge in [0, 0.05) is 17.4 Å². The third kappa shape index (κ3) is 4.24. The van der Waals surface area contributed by atoms with Crippen molar-refractivity contribution in [2.75, 3.05) is 5.88 Å². The van der Waals surface area contributed by atoms with Gasteiger partial charge in [-0.25, -0.2) is 0 Å². The number of aryl methyl sites for hydroxylation is 2. The number of hydrogen-bond donors (Lipinski definition) is 0. The van der Waals surface area contributed by atoms with Gasteiger partial charge in [0.05, 0.1) is 16.4 Å². The first kappa shape index (κ1) is 16.9. The Kier molecular flexibility index (Phi) is 6.15. The molecule has 1 aromatic carbocycles. The minimum Gasteiger partial charge on any atom is -0.271 e. The molecule has 0 radical (unpaired) electrons. The van der Waals surface area contributed by atoms with E-state index in [4.69, 9.17) is 23.2 Å². The lowest BCUT2D eigenvalue weighted by Crippen LogP contribution is -2.13. The van der Waals surface area contributed by atoms with E-state index in [9.17, 15) is 0 Å². The Hall–Kier alpha value is -0.510. The zero-order chi connectivity index (χ0) is 15.4. The molecule has 114 valence electrons. The monoisotopic (exact) mass is 388 g/mol. The zero-order valence-corrected chi connectivity index (χ0v) is 15.3. The maximum Gasteiger partial charge on any atom is 0.0849 e. The molecule has 1 heterocycles. The molecule has 2 rings (SSSR count). The average molecular weight is 390 g/mol. The van der Waals surface area contributed by atoms with Crippen LogP contribution < -0.4 is 0 Å². The van der Waals surface area contributed by atoms with E-state index in [-0.39, 0.29) is 0 Å². The van der Waals surface area contributed by atoms with E-state index in [0.29, 0.717) is 11.8 Å². The van der Waals surface area contributed by atoms with Gasteiger partial charge in [-0.2, -0.15) is 5.10 Å². The maximum absolute atomic E-state index is 6.42. The molecule has 0 aliphatic rings. The quantitative estimate of drug-likeness (QED) is 0.633. The Balaban J connectivity index is 2.12. The van der Waals surface area contributed by atoms with Crippen LogP contribution in [0.2, 0.25) is 5.02 Å². The number of benzene rings is 1. The lowest BCUT2D eigenvalue weighted by atomic mass is 9.96. The van der Waals surface area contributed by atoms with Crippen LogP contribution in [0.1, 0.15) is 23.9 Å². The number of rotatable bonds is 6. The third-order valence-corrected chi connectivity index (χ3v) is 5.04. The van der Waals surface area contributed by atoms with Crippen LogP contribution >= 0.6 is 39.1 Å². The molecule has 2 nitrogen and oxygen atoms in total. The molecule has 0 aliphatic carbocycles. The number of nitrogens with zero attached hydrogens (tertiary/aromatic N) is 2. The summed E-state index contributed by atoms with van der Waals surface area (Å²) in [7, 11) is 1.95.